The van der Waals surface area contributed by atoms with E-state index >= 15 is 0 Å². The lowest BCUT2D eigenvalue weighted by atomic mass is 9.82. The van der Waals surface area contributed by atoms with Crippen LogP contribution in [-0.4, -0.2) is 60.1 Å². The van der Waals surface area contributed by atoms with E-state index in [-0.39, 0.29) is 36.4 Å². The monoisotopic (exact) mass is 477 g/mol. The van der Waals surface area contributed by atoms with Gasteiger partial charge in [-0.25, -0.2) is 13.2 Å². The number of carbonyl (C=O) groups excluding carboxylic acids is 4. The highest BCUT2D eigenvalue weighted by molar-refractivity contribution is 7.89. The quantitative estimate of drug-likeness (QED) is 0.523. The van der Waals surface area contributed by atoms with E-state index in [0.717, 1.165) is 24.3 Å². The van der Waals surface area contributed by atoms with E-state index < -0.39 is 45.2 Å². The van der Waals surface area contributed by atoms with E-state index in [0.29, 0.717) is 12.8 Å². The van der Waals surface area contributed by atoms with Gasteiger partial charge in [-0.1, -0.05) is 19.3 Å². The molecular weight excluding hydrogens is 450 g/mol. The summed E-state index contributed by atoms with van der Waals surface area (Å²) in [5.41, 5.74) is 6.91. The lowest BCUT2D eigenvalue weighted by molar-refractivity contribution is -0.141. The third-order valence-electron chi connectivity index (χ3n) is 6.69. The third-order valence-corrected chi connectivity index (χ3v) is 8.61. The van der Waals surface area contributed by atoms with Crippen LogP contribution in [0.1, 0.15) is 55.3 Å². The third kappa shape index (κ3) is 4.32. The number of hydrogen-bond acceptors (Lipinski definition) is 6. The number of nitrogens with two attached hydrogens (primary N) is 1. The molecule has 1 spiro atoms. The first kappa shape index (κ1) is 23.2. The minimum Gasteiger partial charge on any atom is -0.366 e. The van der Waals surface area contributed by atoms with Crippen LogP contribution >= 0.6 is 0 Å². The molecule has 3 aliphatic rings. The Morgan fingerprint density at radius 2 is 1.64 bits per heavy atom. The number of amides is 5. The van der Waals surface area contributed by atoms with Crippen LogP contribution in [0.4, 0.5) is 4.79 Å². The molecule has 0 bridgehead atoms. The summed E-state index contributed by atoms with van der Waals surface area (Å²) in [4.78, 5) is 49.1. The minimum absolute atomic E-state index is 0.0347. The van der Waals surface area contributed by atoms with Crippen LogP contribution in [0.5, 0.6) is 0 Å². The highest BCUT2D eigenvalue weighted by Crippen LogP contribution is 2.33. The number of sulfonamides is 1. The van der Waals surface area contributed by atoms with Crippen LogP contribution in [0, 0.1) is 5.92 Å². The zero-order valence-electron chi connectivity index (χ0n) is 18.1. The van der Waals surface area contributed by atoms with Gasteiger partial charge in [0.1, 0.15) is 5.54 Å². The molecule has 1 saturated carbocycles. The fraction of sp³-hybridized carbons (Fsp3) is 0.524. The number of benzene rings is 1. The molecule has 11 nitrogen and oxygen atoms in total. The van der Waals surface area contributed by atoms with Gasteiger partial charge in [0.25, 0.3) is 5.91 Å². The molecule has 0 unspecified atom stereocenters. The summed E-state index contributed by atoms with van der Waals surface area (Å²) in [6, 6.07) is 4.73. The fourth-order valence-electron chi connectivity index (χ4n) is 4.72. The first-order valence-electron chi connectivity index (χ1n) is 11.0. The molecule has 178 valence electrons. The second kappa shape index (κ2) is 8.75. The molecule has 2 aliphatic heterocycles. The van der Waals surface area contributed by atoms with E-state index in [2.05, 4.69) is 10.7 Å². The van der Waals surface area contributed by atoms with Crippen molar-refractivity contribution in [2.45, 2.75) is 55.4 Å². The summed E-state index contributed by atoms with van der Waals surface area (Å²) in [7, 11) is -3.79. The fourth-order valence-corrected chi connectivity index (χ4v) is 6.19. The number of hydrazine groups is 1. The molecule has 4 N–H and O–H groups in total. The van der Waals surface area contributed by atoms with E-state index in [4.69, 9.17) is 5.73 Å². The Morgan fingerprint density at radius 1 is 1.03 bits per heavy atom. The summed E-state index contributed by atoms with van der Waals surface area (Å²) >= 11 is 0. The topological polar surface area (TPSA) is 159 Å². The largest absolute Gasteiger partial charge is 0.366 e. The number of nitrogens with zero attached hydrogens (tertiary/aromatic N) is 2. The summed E-state index contributed by atoms with van der Waals surface area (Å²) in [5, 5.41) is 3.51. The first-order valence-corrected chi connectivity index (χ1v) is 12.5. The Labute approximate surface area is 191 Å². The molecule has 3 fully saturated rings. The number of nitrogens with one attached hydrogen (secondary N) is 2. The number of primary amides is 1. The lowest BCUT2D eigenvalue weighted by Gasteiger charge is -2.32. The number of rotatable bonds is 5. The van der Waals surface area contributed by atoms with Gasteiger partial charge in [-0.15, -0.1) is 0 Å². The van der Waals surface area contributed by atoms with Crippen molar-refractivity contribution in [1.29, 1.82) is 0 Å². The van der Waals surface area contributed by atoms with Crippen molar-refractivity contribution < 1.29 is 27.6 Å². The van der Waals surface area contributed by atoms with Crippen molar-refractivity contribution in [3.05, 3.63) is 29.8 Å². The molecule has 1 aromatic rings. The summed E-state index contributed by atoms with van der Waals surface area (Å²) in [5.74, 6) is -2.09. The molecule has 0 atom stereocenters. The van der Waals surface area contributed by atoms with E-state index in [1.807, 2.05) is 0 Å². The molecule has 0 aromatic heterocycles. The number of urea groups is 1. The van der Waals surface area contributed by atoms with Gasteiger partial charge in [0, 0.05) is 24.6 Å². The molecule has 0 radical (unpaired) electrons. The highest BCUT2D eigenvalue weighted by Gasteiger charge is 2.52. The molecular formula is C21H27N5O6S. The smallest absolute Gasteiger partial charge is 0.344 e. The predicted molar refractivity (Wildman–Crippen MR) is 116 cm³/mol. The minimum atomic E-state index is -3.79. The van der Waals surface area contributed by atoms with Crippen LogP contribution in [0.3, 0.4) is 0 Å². The zero-order chi connectivity index (χ0) is 23.8. The number of carbonyl (C=O) groups is 4. The Kier molecular flexibility index (Phi) is 6.14. The molecule has 2 heterocycles. The van der Waals surface area contributed by atoms with Gasteiger partial charge in [-0.05, 0) is 49.9 Å². The number of piperidine rings is 1. The van der Waals surface area contributed by atoms with Gasteiger partial charge in [-0.3, -0.25) is 19.8 Å². The second-order valence-electron chi connectivity index (χ2n) is 8.76. The molecule has 33 heavy (non-hydrogen) atoms. The van der Waals surface area contributed by atoms with Gasteiger partial charge >= 0.3 is 6.03 Å². The second-order valence-corrected chi connectivity index (χ2v) is 10.7. The van der Waals surface area contributed by atoms with Gasteiger partial charge in [0.15, 0.2) is 0 Å². The van der Waals surface area contributed by atoms with E-state index in [1.165, 1.54) is 28.6 Å². The number of imide groups is 1. The van der Waals surface area contributed by atoms with Gasteiger partial charge < -0.3 is 11.1 Å². The summed E-state index contributed by atoms with van der Waals surface area (Å²) < 4.78 is 27.0. The Bertz CT molecular complexity index is 1070. The molecule has 1 aliphatic carbocycles. The summed E-state index contributed by atoms with van der Waals surface area (Å²) in [6.07, 6.45) is 4.30. The molecule has 2 saturated heterocycles. The maximum absolute atomic E-state index is 12.9. The van der Waals surface area contributed by atoms with Crippen LogP contribution in [0.25, 0.3) is 0 Å². The van der Waals surface area contributed by atoms with Crippen molar-refractivity contribution in [2.24, 2.45) is 11.7 Å². The van der Waals surface area contributed by atoms with Gasteiger partial charge in [-0.2, -0.15) is 9.31 Å². The molecule has 1 aromatic carbocycles. The maximum Gasteiger partial charge on any atom is 0.344 e. The van der Waals surface area contributed by atoms with Crippen molar-refractivity contribution in [3.63, 3.8) is 0 Å². The zero-order valence-corrected chi connectivity index (χ0v) is 18.9. The summed E-state index contributed by atoms with van der Waals surface area (Å²) in [6.45, 7) is 0.226. The van der Waals surface area contributed by atoms with Crippen molar-refractivity contribution in [2.75, 3.05) is 13.1 Å². The van der Waals surface area contributed by atoms with Crippen LogP contribution in [0.2, 0.25) is 0 Å². The number of hydrogen-bond donors (Lipinski definition) is 3. The van der Waals surface area contributed by atoms with Crippen molar-refractivity contribution >= 4 is 33.8 Å². The first-order chi connectivity index (χ1) is 15.6. The average Bonchev–Trinajstić information content (AvgIpc) is 3.03. The molecule has 4 rings (SSSR count). The Hall–Kier alpha value is -2.99. The van der Waals surface area contributed by atoms with Crippen molar-refractivity contribution in [3.8, 4) is 0 Å². The normalized spacial score (nSPS) is 21.8. The highest BCUT2D eigenvalue weighted by atomic mass is 32.2. The van der Waals surface area contributed by atoms with E-state index in [9.17, 15) is 27.6 Å². The molecule has 12 heteroatoms. The average molecular weight is 478 g/mol. The standard InChI is InChI=1S/C21H27N5O6S/c22-17(27)14-4-6-16(7-5-14)33(31,32)25-12-8-15(9-13-25)18(28)24-26-19(29)21(23-20(26)30)10-2-1-3-11-21/h4-7,15H,1-3,8-13H2,(H2,22,27)(H,23,30)(H,24,28). The Balaban J connectivity index is 1.36. The van der Waals surface area contributed by atoms with Crippen LogP contribution in [0.15, 0.2) is 29.2 Å². The Morgan fingerprint density at radius 3 is 2.21 bits per heavy atom. The predicted octanol–water partition coefficient (Wildman–Crippen LogP) is 0.472. The van der Waals surface area contributed by atoms with Gasteiger partial charge in [0.2, 0.25) is 21.8 Å². The van der Waals surface area contributed by atoms with Crippen molar-refractivity contribution in [1.82, 2.24) is 20.1 Å². The van der Waals surface area contributed by atoms with Gasteiger partial charge in [0.05, 0.1) is 4.90 Å². The van der Waals surface area contributed by atoms with Crippen LogP contribution in [-0.2, 0) is 19.6 Å². The van der Waals surface area contributed by atoms with E-state index in [1.54, 1.807) is 0 Å². The van der Waals surface area contributed by atoms with Crippen LogP contribution < -0.4 is 16.5 Å². The SMILES string of the molecule is NC(=O)c1ccc(S(=O)(=O)N2CCC(C(=O)NN3C(=O)NC4(CCCCC4)C3=O)CC2)cc1. The maximum atomic E-state index is 12.9. The molecule has 5 amide bonds. The lowest BCUT2D eigenvalue weighted by Crippen LogP contribution is -2.53.